The van der Waals surface area contributed by atoms with Crippen LogP contribution >= 0.6 is 11.3 Å². The standard InChI is InChI=1S/C16H28N2S/c1-15(2,3)14-11-18(16(4,5)12-17-14)9-8-13-7-6-10-19-13/h6-7,10,14,17H,8-9,11-12H2,1-5H3. The van der Waals surface area contributed by atoms with Gasteiger partial charge in [-0.1, -0.05) is 26.8 Å². The van der Waals surface area contributed by atoms with E-state index in [0.29, 0.717) is 11.5 Å². The molecule has 0 amide bonds. The summed E-state index contributed by atoms with van der Waals surface area (Å²) in [6.07, 6.45) is 1.18. The molecule has 0 spiro atoms. The van der Waals surface area contributed by atoms with Crippen LogP contribution in [0.5, 0.6) is 0 Å². The minimum absolute atomic E-state index is 0.263. The lowest BCUT2D eigenvalue weighted by molar-refractivity contribution is 0.0371. The van der Waals surface area contributed by atoms with Gasteiger partial charge in [0.25, 0.3) is 0 Å². The smallest absolute Gasteiger partial charge is 0.0278 e. The molecule has 1 aromatic heterocycles. The monoisotopic (exact) mass is 280 g/mol. The minimum atomic E-state index is 0.263. The predicted octanol–water partition coefficient (Wildman–Crippen LogP) is 3.39. The number of hydrogen-bond donors (Lipinski definition) is 1. The lowest BCUT2D eigenvalue weighted by Gasteiger charge is -2.49. The van der Waals surface area contributed by atoms with Gasteiger partial charge in [-0.25, -0.2) is 0 Å². The average molecular weight is 280 g/mol. The quantitative estimate of drug-likeness (QED) is 0.913. The molecule has 0 radical (unpaired) electrons. The zero-order chi connectivity index (χ0) is 14.1. The second-order valence-electron chi connectivity index (χ2n) is 7.39. The van der Waals surface area contributed by atoms with Gasteiger partial charge in [-0.2, -0.15) is 0 Å². The molecule has 1 fully saturated rings. The van der Waals surface area contributed by atoms with Gasteiger partial charge in [0.15, 0.2) is 0 Å². The first-order valence-electron chi connectivity index (χ1n) is 7.30. The van der Waals surface area contributed by atoms with Crippen LogP contribution in [0.15, 0.2) is 17.5 Å². The first kappa shape index (κ1) is 15.0. The third-order valence-electron chi connectivity index (χ3n) is 4.29. The average Bonchev–Trinajstić information content (AvgIpc) is 2.78. The van der Waals surface area contributed by atoms with E-state index in [1.54, 1.807) is 0 Å². The van der Waals surface area contributed by atoms with Gasteiger partial charge in [-0.3, -0.25) is 4.90 Å². The van der Waals surface area contributed by atoms with Crippen molar-refractivity contribution in [2.24, 2.45) is 5.41 Å². The van der Waals surface area contributed by atoms with Crippen molar-refractivity contribution in [2.75, 3.05) is 19.6 Å². The van der Waals surface area contributed by atoms with Crippen LogP contribution in [0.25, 0.3) is 0 Å². The normalized spacial score (nSPS) is 24.6. The molecule has 3 heteroatoms. The van der Waals surface area contributed by atoms with Gasteiger partial charge >= 0.3 is 0 Å². The van der Waals surface area contributed by atoms with Gasteiger partial charge in [0.1, 0.15) is 0 Å². The molecule has 0 aliphatic carbocycles. The Balaban J connectivity index is 1.98. The van der Waals surface area contributed by atoms with Crippen LogP contribution in [0, 0.1) is 5.41 Å². The molecule has 2 heterocycles. The second kappa shape index (κ2) is 5.55. The first-order chi connectivity index (χ1) is 8.79. The number of nitrogens with one attached hydrogen (secondary N) is 1. The van der Waals surface area contributed by atoms with E-state index in [-0.39, 0.29) is 5.54 Å². The summed E-state index contributed by atoms with van der Waals surface area (Å²) in [4.78, 5) is 4.17. The Morgan fingerprint density at radius 1 is 1.42 bits per heavy atom. The van der Waals surface area contributed by atoms with E-state index in [9.17, 15) is 0 Å². The Kier molecular flexibility index (Phi) is 4.38. The SMILES string of the molecule is CC(C)(C)C1CN(CCc2cccs2)C(C)(C)CN1. The van der Waals surface area contributed by atoms with Gasteiger partial charge in [0.05, 0.1) is 0 Å². The zero-order valence-electron chi connectivity index (χ0n) is 13.0. The summed E-state index contributed by atoms with van der Waals surface area (Å²) in [5.41, 5.74) is 0.594. The zero-order valence-corrected chi connectivity index (χ0v) is 13.8. The molecule has 1 aromatic rings. The third-order valence-corrected chi connectivity index (χ3v) is 5.23. The van der Waals surface area contributed by atoms with E-state index in [4.69, 9.17) is 0 Å². The van der Waals surface area contributed by atoms with Gasteiger partial charge in [-0.05, 0) is 37.1 Å². The topological polar surface area (TPSA) is 15.3 Å². The fourth-order valence-electron chi connectivity index (χ4n) is 2.69. The summed E-state index contributed by atoms with van der Waals surface area (Å²) in [6, 6.07) is 4.99. The Hall–Kier alpha value is -0.380. The highest BCUT2D eigenvalue weighted by atomic mass is 32.1. The maximum absolute atomic E-state index is 3.73. The summed E-state index contributed by atoms with van der Waals surface area (Å²) in [6.45, 7) is 15.1. The molecule has 1 N–H and O–H groups in total. The molecule has 19 heavy (non-hydrogen) atoms. The summed E-state index contributed by atoms with van der Waals surface area (Å²) in [5, 5.41) is 5.91. The van der Waals surface area contributed by atoms with E-state index in [1.807, 2.05) is 11.3 Å². The maximum atomic E-state index is 3.73. The van der Waals surface area contributed by atoms with E-state index in [1.165, 1.54) is 17.8 Å². The molecule has 1 aliphatic heterocycles. The highest BCUT2D eigenvalue weighted by Crippen LogP contribution is 2.27. The highest BCUT2D eigenvalue weighted by Gasteiger charge is 2.37. The number of nitrogens with zero attached hydrogens (tertiary/aromatic N) is 1. The molecule has 0 saturated carbocycles. The first-order valence-corrected chi connectivity index (χ1v) is 8.18. The van der Waals surface area contributed by atoms with E-state index < -0.39 is 0 Å². The van der Waals surface area contributed by atoms with Crippen LogP contribution in [0.1, 0.15) is 39.5 Å². The summed E-state index contributed by atoms with van der Waals surface area (Å²) >= 11 is 1.88. The summed E-state index contributed by atoms with van der Waals surface area (Å²) in [7, 11) is 0. The van der Waals surface area contributed by atoms with Crippen LogP contribution in [0.2, 0.25) is 0 Å². The number of hydrogen-bond acceptors (Lipinski definition) is 3. The van der Waals surface area contributed by atoms with Gasteiger partial charge in [-0.15, -0.1) is 11.3 Å². The van der Waals surface area contributed by atoms with Crippen LogP contribution in [-0.2, 0) is 6.42 Å². The molecule has 1 aliphatic rings. The van der Waals surface area contributed by atoms with Crippen molar-refractivity contribution in [3.63, 3.8) is 0 Å². The molecule has 2 nitrogen and oxygen atoms in total. The largest absolute Gasteiger partial charge is 0.310 e. The summed E-state index contributed by atoms with van der Waals surface area (Å²) in [5.74, 6) is 0. The lowest BCUT2D eigenvalue weighted by Crippen LogP contribution is -2.65. The highest BCUT2D eigenvalue weighted by molar-refractivity contribution is 7.09. The molecule has 0 aromatic carbocycles. The molecule has 1 saturated heterocycles. The van der Waals surface area contributed by atoms with Crippen LogP contribution in [0.3, 0.4) is 0 Å². The maximum Gasteiger partial charge on any atom is 0.0278 e. The second-order valence-corrected chi connectivity index (χ2v) is 8.42. The van der Waals surface area contributed by atoms with Crippen LogP contribution in [-0.4, -0.2) is 36.1 Å². The molecule has 0 bridgehead atoms. The van der Waals surface area contributed by atoms with Gasteiger partial charge in [0, 0.05) is 36.1 Å². The molecule has 1 unspecified atom stereocenters. The molecule has 108 valence electrons. The fourth-order valence-corrected chi connectivity index (χ4v) is 3.39. The van der Waals surface area contributed by atoms with E-state index in [2.05, 4.69) is 62.3 Å². The number of thiophene rings is 1. The Morgan fingerprint density at radius 3 is 2.74 bits per heavy atom. The van der Waals surface area contributed by atoms with Gasteiger partial charge < -0.3 is 5.32 Å². The molecular formula is C16H28N2S. The van der Waals surface area contributed by atoms with Crippen LogP contribution < -0.4 is 5.32 Å². The Labute approximate surface area is 122 Å². The van der Waals surface area contributed by atoms with Crippen molar-refractivity contribution >= 4 is 11.3 Å². The van der Waals surface area contributed by atoms with E-state index in [0.717, 1.165) is 13.1 Å². The van der Waals surface area contributed by atoms with Crippen molar-refractivity contribution in [1.82, 2.24) is 10.2 Å². The molecule has 2 rings (SSSR count). The Morgan fingerprint density at radius 2 is 2.16 bits per heavy atom. The van der Waals surface area contributed by atoms with Crippen molar-refractivity contribution in [3.8, 4) is 0 Å². The Bertz CT molecular complexity index is 389. The van der Waals surface area contributed by atoms with Crippen LogP contribution in [0.4, 0.5) is 0 Å². The third kappa shape index (κ3) is 3.80. The van der Waals surface area contributed by atoms with Crippen molar-refractivity contribution < 1.29 is 0 Å². The molecular weight excluding hydrogens is 252 g/mol. The van der Waals surface area contributed by atoms with Crippen molar-refractivity contribution in [2.45, 2.75) is 52.6 Å². The fraction of sp³-hybridized carbons (Fsp3) is 0.750. The predicted molar refractivity (Wildman–Crippen MR) is 84.9 cm³/mol. The lowest BCUT2D eigenvalue weighted by atomic mass is 9.83. The van der Waals surface area contributed by atoms with Crippen molar-refractivity contribution in [1.29, 1.82) is 0 Å². The number of piperazine rings is 1. The number of rotatable bonds is 3. The summed E-state index contributed by atoms with van der Waals surface area (Å²) < 4.78 is 0. The molecule has 1 atom stereocenters. The van der Waals surface area contributed by atoms with Crippen molar-refractivity contribution in [3.05, 3.63) is 22.4 Å². The van der Waals surface area contributed by atoms with Gasteiger partial charge in [0.2, 0.25) is 0 Å². The van der Waals surface area contributed by atoms with E-state index >= 15 is 0 Å². The minimum Gasteiger partial charge on any atom is -0.310 e.